The number of carbonyl (C=O) groups excluding carboxylic acids is 3. The third-order valence-electron chi connectivity index (χ3n) is 7.32. The number of amides is 4. The van der Waals surface area contributed by atoms with Crippen molar-refractivity contribution >= 4 is 47.1 Å². The molecule has 260 valence electrons. The fourth-order valence-electron chi connectivity index (χ4n) is 4.66. The summed E-state index contributed by atoms with van der Waals surface area (Å²) in [6.45, 7) is -2.38. The molecule has 1 heterocycles. The summed E-state index contributed by atoms with van der Waals surface area (Å²) in [6, 6.07) is 16.4. The molecule has 4 rings (SSSR count). The molecule has 0 fully saturated rings. The molecule has 0 saturated heterocycles. The van der Waals surface area contributed by atoms with E-state index in [2.05, 4.69) is 15.8 Å². The first-order chi connectivity index (χ1) is 23.4. The molecule has 0 spiro atoms. The van der Waals surface area contributed by atoms with Gasteiger partial charge >= 0.3 is 12.1 Å². The molecule has 10 nitrogen and oxygen atoms in total. The summed E-state index contributed by atoms with van der Waals surface area (Å²) in [6.07, 6.45) is -4.12. The van der Waals surface area contributed by atoms with Crippen molar-refractivity contribution in [2.45, 2.75) is 31.9 Å². The molecule has 49 heavy (non-hydrogen) atoms. The Kier molecular flexibility index (Phi) is 13.2. The minimum absolute atomic E-state index is 0.0199. The molecule has 0 aliphatic rings. The molecule has 0 unspecified atom stereocenters. The van der Waals surface area contributed by atoms with Gasteiger partial charge in [-0.3, -0.25) is 10.1 Å². The summed E-state index contributed by atoms with van der Waals surface area (Å²) in [5.74, 6) is -1.54. The maximum atomic E-state index is 13.9. The second-order valence-corrected chi connectivity index (χ2v) is 11.5. The average molecular weight is 725 g/mol. The molecule has 4 amide bonds. The number of nitrogens with zero attached hydrogens (tertiary/aromatic N) is 3. The Labute approximate surface area is 288 Å². The lowest BCUT2D eigenvalue weighted by Gasteiger charge is -2.33. The van der Waals surface area contributed by atoms with E-state index in [1.54, 1.807) is 30.3 Å². The number of halogens is 6. The predicted octanol–water partition coefficient (Wildman–Crippen LogP) is 7.41. The Morgan fingerprint density at radius 2 is 1.57 bits per heavy atom. The molecule has 4 aromatic rings. The number of anilines is 1. The van der Waals surface area contributed by atoms with E-state index in [0.717, 1.165) is 15.9 Å². The van der Waals surface area contributed by atoms with Gasteiger partial charge in [-0.15, -0.1) is 0 Å². The normalized spacial score (nSPS) is 11.6. The minimum Gasteiger partial charge on any atom is -0.447 e. The van der Waals surface area contributed by atoms with E-state index in [1.165, 1.54) is 37.4 Å². The number of aryl methyl sites for hydroxylation is 1. The molecule has 1 atom stereocenters. The van der Waals surface area contributed by atoms with Gasteiger partial charge in [0.25, 0.3) is 6.43 Å². The molecule has 3 aromatic carbocycles. The van der Waals surface area contributed by atoms with Crippen molar-refractivity contribution in [1.29, 1.82) is 0 Å². The number of aromatic nitrogens is 1. The molecule has 2 N–H and O–H groups in total. The first-order valence-electron chi connectivity index (χ1n) is 14.8. The van der Waals surface area contributed by atoms with Gasteiger partial charge in [0.1, 0.15) is 18.2 Å². The van der Waals surface area contributed by atoms with Gasteiger partial charge in [0.15, 0.2) is 11.6 Å². The molecular formula is C33H31Cl2F4N5O5. The van der Waals surface area contributed by atoms with Crippen LogP contribution in [-0.4, -0.2) is 72.2 Å². The van der Waals surface area contributed by atoms with Gasteiger partial charge in [0, 0.05) is 38.2 Å². The van der Waals surface area contributed by atoms with Crippen LogP contribution in [0.3, 0.4) is 0 Å². The SMILES string of the molecule is CN(C(=O)CCc1cccc(F)c1Cl)[C@H](COC(=O)Nc1cc(-c2ccccc2)on1)CN(CC(F)F)C(=O)NCc1cccc(F)c1Cl. The zero-order valence-corrected chi connectivity index (χ0v) is 27.5. The Hall–Kier alpha value is -4.82. The van der Waals surface area contributed by atoms with Crippen LogP contribution in [0.1, 0.15) is 17.5 Å². The summed E-state index contributed by atoms with van der Waals surface area (Å²) >= 11 is 12.0. The standard InChI is InChI=1S/C33H31Cl2F4N5O5/c1-43(29(45)14-13-21-9-5-11-24(36)30(21)34)23(19-48-33(47)41-28-15-26(49-42-28)20-7-3-2-4-8-20)17-44(18-27(38)39)32(46)40-16-22-10-6-12-25(37)31(22)35/h2-12,15,23,27H,13-14,16-19H2,1H3,(H,40,46)(H,41,42,47)/t23-/m0/s1. The second-order valence-electron chi connectivity index (χ2n) is 10.7. The van der Waals surface area contributed by atoms with Crippen LogP contribution in [0.25, 0.3) is 11.3 Å². The van der Waals surface area contributed by atoms with E-state index in [-0.39, 0.29) is 40.8 Å². The van der Waals surface area contributed by atoms with E-state index < -0.39 is 61.8 Å². The number of ether oxygens (including phenoxy) is 1. The van der Waals surface area contributed by atoms with E-state index in [0.29, 0.717) is 16.9 Å². The van der Waals surface area contributed by atoms with Crippen LogP contribution >= 0.6 is 23.2 Å². The van der Waals surface area contributed by atoms with Crippen LogP contribution < -0.4 is 10.6 Å². The summed E-state index contributed by atoms with van der Waals surface area (Å²) in [7, 11) is 1.34. The molecule has 0 aliphatic heterocycles. The van der Waals surface area contributed by atoms with E-state index in [9.17, 15) is 31.9 Å². The summed E-state index contributed by atoms with van der Waals surface area (Å²) in [5, 5.41) is 8.22. The number of likely N-dealkylation sites (N-methyl/N-ethyl adjacent to an activating group) is 1. The zero-order valence-electron chi connectivity index (χ0n) is 26.0. The first kappa shape index (κ1) is 37.0. The van der Waals surface area contributed by atoms with Crippen molar-refractivity contribution < 1.29 is 41.2 Å². The van der Waals surface area contributed by atoms with Gasteiger partial charge in [-0.05, 0) is 29.7 Å². The van der Waals surface area contributed by atoms with Crippen LogP contribution in [0, 0.1) is 11.6 Å². The Bertz CT molecular complexity index is 1750. The van der Waals surface area contributed by atoms with Gasteiger partial charge in [-0.1, -0.05) is 83.0 Å². The number of hydrogen-bond donors (Lipinski definition) is 2. The molecule has 0 radical (unpaired) electrons. The van der Waals surface area contributed by atoms with Gasteiger partial charge in [0.2, 0.25) is 5.91 Å². The van der Waals surface area contributed by atoms with Crippen molar-refractivity contribution in [3.8, 4) is 11.3 Å². The van der Waals surface area contributed by atoms with Crippen LogP contribution in [0.4, 0.5) is 33.0 Å². The monoisotopic (exact) mass is 723 g/mol. The Morgan fingerprint density at radius 3 is 2.24 bits per heavy atom. The number of alkyl halides is 2. The number of benzene rings is 3. The molecule has 16 heteroatoms. The first-order valence-corrected chi connectivity index (χ1v) is 15.6. The molecule has 1 aromatic heterocycles. The fraction of sp³-hybridized carbons (Fsp3) is 0.273. The number of nitrogens with one attached hydrogen (secondary N) is 2. The van der Waals surface area contributed by atoms with Gasteiger partial charge in [-0.25, -0.2) is 27.2 Å². The van der Waals surface area contributed by atoms with Crippen molar-refractivity contribution in [2.24, 2.45) is 0 Å². The molecule has 0 bridgehead atoms. The number of hydrogen-bond acceptors (Lipinski definition) is 6. The maximum absolute atomic E-state index is 13.9. The van der Waals surface area contributed by atoms with Crippen LogP contribution in [0.2, 0.25) is 10.0 Å². The maximum Gasteiger partial charge on any atom is 0.412 e. The molecule has 0 saturated carbocycles. The lowest BCUT2D eigenvalue weighted by atomic mass is 10.1. The Morgan fingerprint density at radius 1 is 0.918 bits per heavy atom. The van der Waals surface area contributed by atoms with Gasteiger partial charge in [0.05, 0.1) is 22.6 Å². The van der Waals surface area contributed by atoms with Crippen molar-refractivity contribution in [3.05, 3.63) is 106 Å². The third kappa shape index (κ3) is 10.6. The summed E-state index contributed by atoms with van der Waals surface area (Å²) in [5.41, 5.74) is 1.27. The lowest BCUT2D eigenvalue weighted by molar-refractivity contribution is -0.133. The molecule has 0 aliphatic carbocycles. The number of rotatable bonds is 14. The summed E-state index contributed by atoms with van der Waals surface area (Å²) in [4.78, 5) is 41.0. The van der Waals surface area contributed by atoms with Crippen molar-refractivity contribution in [3.63, 3.8) is 0 Å². The van der Waals surface area contributed by atoms with E-state index in [4.69, 9.17) is 32.5 Å². The smallest absolute Gasteiger partial charge is 0.412 e. The molecular weight excluding hydrogens is 693 g/mol. The highest BCUT2D eigenvalue weighted by Crippen LogP contribution is 2.23. The summed E-state index contributed by atoms with van der Waals surface area (Å²) < 4.78 is 65.7. The second kappa shape index (κ2) is 17.5. The van der Waals surface area contributed by atoms with E-state index in [1.807, 2.05) is 6.07 Å². The highest BCUT2D eigenvalue weighted by atomic mass is 35.5. The topological polar surface area (TPSA) is 117 Å². The highest BCUT2D eigenvalue weighted by Gasteiger charge is 2.29. The Balaban J connectivity index is 1.47. The number of carbonyl (C=O) groups is 3. The van der Waals surface area contributed by atoms with Crippen LogP contribution in [0.5, 0.6) is 0 Å². The predicted molar refractivity (Wildman–Crippen MR) is 174 cm³/mol. The third-order valence-corrected chi connectivity index (χ3v) is 8.17. The average Bonchev–Trinajstić information content (AvgIpc) is 3.55. The zero-order chi connectivity index (χ0) is 35.5. The van der Waals surface area contributed by atoms with Crippen molar-refractivity contribution in [2.75, 3.05) is 32.1 Å². The quantitative estimate of drug-likeness (QED) is 0.131. The van der Waals surface area contributed by atoms with Crippen LogP contribution in [-0.2, 0) is 22.5 Å². The largest absolute Gasteiger partial charge is 0.447 e. The van der Waals surface area contributed by atoms with Crippen molar-refractivity contribution in [1.82, 2.24) is 20.3 Å². The van der Waals surface area contributed by atoms with Gasteiger partial charge < -0.3 is 24.4 Å². The van der Waals surface area contributed by atoms with Gasteiger partial charge in [-0.2, -0.15) is 0 Å². The van der Waals surface area contributed by atoms with Crippen LogP contribution in [0.15, 0.2) is 77.3 Å². The lowest BCUT2D eigenvalue weighted by Crippen LogP contribution is -2.52. The fourth-order valence-corrected chi connectivity index (χ4v) is 5.08. The highest BCUT2D eigenvalue weighted by molar-refractivity contribution is 6.31. The van der Waals surface area contributed by atoms with E-state index >= 15 is 0 Å². The minimum atomic E-state index is -2.98. The number of urea groups is 1.